The topological polar surface area (TPSA) is 78.4 Å². The number of benzene rings is 2. The van der Waals surface area contributed by atoms with Crippen LogP contribution >= 0.6 is 11.3 Å². The number of H-pyrrole nitrogens is 1. The SMILES string of the molecule is Cc1cc(-c2cc[nH]n2)c(C2CC(O)CC(CO)O2)cc1Cc1cc2ccccc2s1. The van der Waals surface area contributed by atoms with Crippen LogP contribution in [0, 0.1) is 6.92 Å². The second kappa shape index (κ2) is 8.55. The first kappa shape index (κ1) is 20.4. The first-order valence-electron chi connectivity index (χ1n) is 10.7. The molecule has 0 saturated carbocycles. The van der Waals surface area contributed by atoms with Crippen molar-refractivity contribution >= 4 is 21.4 Å². The fourth-order valence-electron chi connectivity index (χ4n) is 4.48. The molecule has 3 atom stereocenters. The lowest BCUT2D eigenvalue weighted by atomic mass is 9.88. The van der Waals surface area contributed by atoms with Gasteiger partial charge in [-0.1, -0.05) is 24.3 Å². The van der Waals surface area contributed by atoms with E-state index in [2.05, 4.69) is 59.6 Å². The van der Waals surface area contributed by atoms with Crippen LogP contribution in [0.15, 0.2) is 54.7 Å². The minimum atomic E-state index is -0.490. The summed E-state index contributed by atoms with van der Waals surface area (Å²) in [7, 11) is 0. The fourth-order valence-corrected chi connectivity index (χ4v) is 5.57. The molecule has 0 bridgehead atoms. The van der Waals surface area contributed by atoms with Crippen molar-refractivity contribution in [2.45, 2.75) is 44.5 Å². The summed E-state index contributed by atoms with van der Waals surface area (Å²) in [5.41, 5.74) is 5.33. The van der Waals surface area contributed by atoms with Crippen LogP contribution in [0.5, 0.6) is 0 Å². The maximum Gasteiger partial charge on any atom is 0.0924 e. The molecule has 3 N–H and O–H groups in total. The Bertz CT molecular complexity index is 1150. The highest BCUT2D eigenvalue weighted by Gasteiger charge is 2.31. The van der Waals surface area contributed by atoms with Crippen LogP contribution in [-0.4, -0.2) is 39.2 Å². The van der Waals surface area contributed by atoms with Crippen molar-refractivity contribution < 1.29 is 14.9 Å². The molecule has 5 rings (SSSR count). The zero-order valence-electron chi connectivity index (χ0n) is 17.4. The zero-order chi connectivity index (χ0) is 21.4. The quantitative estimate of drug-likeness (QED) is 0.423. The van der Waals surface area contributed by atoms with Crippen molar-refractivity contribution in [2.24, 2.45) is 0 Å². The van der Waals surface area contributed by atoms with E-state index in [1.807, 2.05) is 23.6 Å². The van der Waals surface area contributed by atoms with Crippen LogP contribution < -0.4 is 0 Å². The van der Waals surface area contributed by atoms with Gasteiger partial charge in [-0.2, -0.15) is 5.10 Å². The summed E-state index contributed by atoms with van der Waals surface area (Å²) < 4.78 is 7.48. The smallest absolute Gasteiger partial charge is 0.0924 e. The normalized spacial score (nSPS) is 21.6. The molecule has 3 heterocycles. The summed E-state index contributed by atoms with van der Waals surface area (Å²) in [6.45, 7) is 2.04. The molecule has 1 saturated heterocycles. The number of aromatic amines is 1. The van der Waals surface area contributed by atoms with Crippen LogP contribution in [-0.2, 0) is 11.2 Å². The Labute approximate surface area is 185 Å². The Hall–Kier alpha value is -2.51. The van der Waals surface area contributed by atoms with Crippen molar-refractivity contribution in [3.8, 4) is 11.3 Å². The standard InChI is InChI=1S/C25H26N2O3S/c1-15-8-21(23-6-7-26-27-23)22(24-13-18(29)12-19(14-28)30-24)11-17(15)10-20-9-16-4-2-3-5-25(16)31-20/h2-9,11,18-19,24,28-29H,10,12-14H2,1H3,(H,26,27). The van der Waals surface area contributed by atoms with Gasteiger partial charge < -0.3 is 14.9 Å². The number of aliphatic hydroxyl groups excluding tert-OH is 2. The molecule has 1 aliphatic rings. The van der Waals surface area contributed by atoms with Gasteiger partial charge in [-0.05, 0) is 53.3 Å². The minimum Gasteiger partial charge on any atom is -0.394 e. The van der Waals surface area contributed by atoms with Gasteiger partial charge in [-0.15, -0.1) is 11.3 Å². The molecule has 31 heavy (non-hydrogen) atoms. The van der Waals surface area contributed by atoms with Gasteiger partial charge >= 0.3 is 0 Å². The Morgan fingerprint density at radius 1 is 1.16 bits per heavy atom. The largest absolute Gasteiger partial charge is 0.394 e. The number of ether oxygens (including phenoxy) is 1. The third-order valence-corrected chi connectivity index (χ3v) is 7.17. The highest BCUT2D eigenvalue weighted by atomic mass is 32.1. The van der Waals surface area contributed by atoms with Crippen LogP contribution in [0.3, 0.4) is 0 Å². The molecule has 1 fully saturated rings. The molecule has 2 aromatic carbocycles. The van der Waals surface area contributed by atoms with E-state index in [0.29, 0.717) is 12.8 Å². The number of rotatable bonds is 5. The van der Waals surface area contributed by atoms with E-state index in [1.54, 1.807) is 0 Å². The molecular weight excluding hydrogens is 408 g/mol. The van der Waals surface area contributed by atoms with Gasteiger partial charge in [0.25, 0.3) is 0 Å². The van der Waals surface area contributed by atoms with Crippen molar-refractivity contribution in [1.82, 2.24) is 10.2 Å². The average Bonchev–Trinajstić information content (AvgIpc) is 3.44. The number of aryl methyl sites for hydroxylation is 1. The second-order valence-corrected chi connectivity index (χ2v) is 9.48. The van der Waals surface area contributed by atoms with E-state index in [4.69, 9.17) is 4.74 Å². The molecule has 1 aliphatic heterocycles. The predicted molar refractivity (Wildman–Crippen MR) is 123 cm³/mol. The van der Waals surface area contributed by atoms with Crippen LogP contribution in [0.4, 0.5) is 0 Å². The summed E-state index contributed by atoms with van der Waals surface area (Å²) in [6.07, 6.45) is 2.51. The Morgan fingerprint density at radius 2 is 2.03 bits per heavy atom. The van der Waals surface area contributed by atoms with Crippen molar-refractivity contribution in [1.29, 1.82) is 0 Å². The number of fused-ring (bicyclic) bond motifs is 1. The molecule has 5 nitrogen and oxygen atoms in total. The van der Waals surface area contributed by atoms with E-state index in [0.717, 1.165) is 23.2 Å². The maximum absolute atomic E-state index is 10.4. The maximum atomic E-state index is 10.4. The Balaban J connectivity index is 1.55. The lowest BCUT2D eigenvalue weighted by Gasteiger charge is -2.33. The first-order valence-corrected chi connectivity index (χ1v) is 11.5. The number of nitrogens with one attached hydrogen (secondary N) is 1. The van der Waals surface area contributed by atoms with Gasteiger partial charge in [0.05, 0.1) is 30.6 Å². The molecule has 4 aromatic rings. The van der Waals surface area contributed by atoms with E-state index in [1.165, 1.54) is 26.1 Å². The molecule has 2 aromatic heterocycles. The molecular formula is C25H26N2O3S. The Morgan fingerprint density at radius 3 is 2.81 bits per heavy atom. The second-order valence-electron chi connectivity index (χ2n) is 8.31. The summed E-state index contributed by atoms with van der Waals surface area (Å²) in [5.74, 6) is 0. The van der Waals surface area contributed by atoms with Gasteiger partial charge in [0.2, 0.25) is 0 Å². The number of hydrogen-bond donors (Lipinski definition) is 3. The number of nitrogens with zero attached hydrogens (tertiary/aromatic N) is 1. The van der Waals surface area contributed by atoms with Gasteiger partial charge in [0, 0.05) is 40.6 Å². The summed E-state index contributed by atoms with van der Waals surface area (Å²) in [4.78, 5) is 1.32. The number of aliphatic hydroxyl groups is 2. The van der Waals surface area contributed by atoms with E-state index >= 15 is 0 Å². The van der Waals surface area contributed by atoms with Crippen LogP contribution in [0.1, 0.15) is 40.5 Å². The molecule has 3 unspecified atom stereocenters. The van der Waals surface area contributed by atoms with Gasteiger partial charge in [-0.3, -0.25) is 5.10 Å². The highest BCUT2D eigenvalue weighted by Crippen LogP contribution is 2.39. The summed E-state index contributed by atoms with van der Waals surface area (Å²) in [6, 6.07) is 17.1. The van der Waals surface area contributed by atoms with Gasteiger partial charge in [-0.25, -0.2) is 0 Å². The third-order valence-electron chi connectivity index (χ3n) is 6.05. The van der Waals surface area contributed by atoms with Crippen molar-refractivity contribution in [2.75, 3.05) is 6.61 Å². The van der Waals surface area contributed by atoms with Crippen molar-refractivity contribution in [3.05, 3.63) is 76.3 Å². The number of thiophene rings is 1. The summed E-state index contributed by atoms with van der Waals surface area (Å²) in [5, 5.41) is 28.6. The highest BCUT2D eigenvalue weighted by molar-refractivity contribution is 7.19. The zero-order valence-corrected chi connectivity index (χ0v) is 18.2. The molecule has 0 aliphatic carbocycles. The van der Waals surface area contributed by atoms with E-state index in [-0.39, 0.29) is 18.8 Å². The molecule has 0 radical (unpaired) electrons. The lowest BCUT2D eigenvalue weighted by Crippen LogP contribution is -2.33. The predicted octanol–water partition coefficient (Wildman–Crippen LogP) is 4.76. The number of hydrogen-bond acceptors (Lipinski definition) is 5. The molecule has 160 valence electrons. The molecule has 0 amide bonds. The molecule has 6 heteroatoms. The molecule has 0 spiro atoms. The monoisotopic (exact) mass is 434 g/mol. The lowest BCUT2D eigenvalue weighted by molar-refractivity contribution is -0.113. The first-order chi connectivity index (χ1) is 15.1. The van der Waals surface area contributed by atoms with E-state index in [9.17, 15) is 10.2 Å². The summed E-state index contributed by atoms with van der Waals surface area (Å²) >= 11 is 1.83. The van der Waals surface area contributed by atoms with Crippen molar-refractivity contribution in [3.63, 3.8) is 0 Å². The average molecular weight is 435 g/mol. The minimum absolute atomic E-state index is 0.0915. The van der Waals surface area contributed by atoms with E-state index < -0.39 is 6.10 Å². The third kappa shape index (κ3) is 4.16. The van der Waals surface area contributed by atoms with Gasteiger partial charge in [0.15, 0.2) is 0 Å². The Kier molecular flexibility index (Phi) is 5.63. The number of aromatic nitrogens is 2. The van der Waals surface area contributed by atoms with Gasteiger partial charge in [0.1, 0.15) is 0 Å². The fraction of sp³-hybridized carbons (Fsp3) is 0.320. The van der Waals surface area contributed by atoms with Crippen LogP contribution in [0.25, 0.3) is 21.3 Å². The van der Waals surface area contributed by atoms with Crippen LogP contribution in [0.2, 0.25) is 0 Å².